The molecule has 4 nitrogen and oxygen atoms in total. The van der Waals surface area contributed by atoms with Gasteiger partial charge in [-0.3, -0.25) is 10.6 Å². The topological polar surface area (TPSA) is 58.4 Å². The van der Waals surface area contributed by atoms with Gasteiger partial charge in [0.25, 0.3) is 0 Å². The Bertz CT molecular complexity index is 379. The molecule has 1 rings (SSSR count). The van der Waals surface area contributed by atoms with E-state index in [9.17, 15) is 9.18 Å². The van der Waals surface area contributed by atoms with Gasteiger partial charge >= 0.3 is 0 Å². The van der Waals surface area contributed by atoms with Crippen LogP contribution in [0.4, 0.5) is 10.1 Å². The van der Waals surface area contributed by atoms with Gasteiger partial charge in [0, 0.05) is 26.1 Å². The lowest BCUT2D eigenvalue weighted by molar-refractivity contribution is -0.128. The van der Waals surface area contributed by atoms with Crippen molar-refractivity contribution in [3.05, 3.63) is 29.6 Å². The summed E-state index contributed by atoms with van der Waals surface area (Å²) in [5.74, 6) is 4.89. The quantitative estimate of drug-likeness (QED) is 0.596. The van der Waals surface area contributed by atoms with E-state index in [4.69, 9.17) is 5.84 Å². The molecule has 0 aliphatic heterocycles. The highest BCUT2D eigenvalue weighted by Gasteiger charge is 2.10. The Labute approximate surface area is 94.2 Å². The van der Waals surface area contributed by atoms with Gasteiger partial charge in [0.05, 0.1) is 5.69 Å². The molecule has 0 radical (unpaired) electrons. The van der Waals surface area contributed by atoms with Gasteiger partial charge in [-0.05, 0) is 18.6 Å². The predicted molar refractivity (Wildman–Crippen MR) is 61.2 cm³/mol. The second-order valence-electron chi connectivity index (χ2n) is 3.70. The lowest BCUT2D eigenvalue weighted by Crippen LogP contribution is -2.22. The summed E-state index contributed by atoms with van der Waals surface area (Å²) in [6, 6.07) is 4.61. The monoisotopic (exact) mass is 225 g/mol. The van der Waals surface area contributed by atoms with Crippen LogP contribution >= 0.6 is 0 Å². The average Bonchev–Trinajstić information content (AvgIpc) is 2.26. The molecule has 0 bridgehead atoms. The first-order valence-electron chi connectivity index (χ1n) is 5.00. The molecule has 3 N–H and O–H groups in total. The number of benzene rings is 1. The van der Waals surface area contributed by atoms with Crippen molar-refractivity contribution in [1.82, 2.24) is 4.90 Å². The van der Waals surface area contributed by atoms with E-state index < -0.39 is 0 Å². The van der Waals surface area contributed by atoms with Gasteiger partial charge in [0.1, 0.15) is 5.82 Å². The molecule has 1 amide bonds. The molecule has 0 saturated heterocycles. The number of halogens is 1. The minimum Gasteiger partial charge on any atom is -0.349 e. The fourth-order valence-electron chi connectivity index (χ4n) is 1.40. The van der Waals surface area contributed by atoms with E-state index >= 15 is 0 Å². The summed E-state index contributed by atoms with van der Waals surface area (Å²) in [6.07, 6.45) is 0.603. The third kappa shape index (κ3) is 2.93. The van der Waals surface area contributed by atoms with Crippen LogP contribution < -0.4 is 11.3 Å². The molecular formula is C11H16FN3O. The van der Waals surface area contributed by atoms with E-state index in [-0.39, 0.29) is 18.1 Å². The van der Waals surface area contributed by atoms with Crippen molar-refractivity contribution in [3.63, 3.8) is 0 Å². The largest absolute Gasteiger partial charge is 0.349 e. The second-order valence-corrected chi connectivity index (χ2v) is 3.70. The molecule has 0 unspecified atom stereocenters. The molecule has 88 valence electrons. The van der Waals surface area contributed by atoms with Crippen LogP contribution in [0.5, 0.6) is 0 Å². The minimum absolute atomic E-state index is 0.0359. The van der Waals surface area contributed by atoms with Crippen molar-refractivity contribution >= 4 is 11.6 Å². The Hall–Kier alpha value is -1.62. The van der Waals surface area contributed by atoms with Crippen LogP contribution in [0.25, 0.3) is 0 Å². The lowest BCUT2D eigenvalue weighted by atomic mass is 10.1. The minimum atomic E-state index is -0.345. The van der Waals surface area contributed by atoms with Gasteiger partial charge in [-0.1, -0.05) is 6.07 Å². The van der Waals surface area contributed by atoms with Gasteiger partial charge in [-0.2, -0.15) is 0 Å². The zero-order chi connectivity index (χ0) is 12.1. The number of amides is 1. The van der Waals surface area contributed by atoms with Crippen LogP contribution in [0.15, 0.2) is 18.2 Å². The molecule has 0 heterocycles. The van der Waals surface area contributed by atoms with Crippen molar-refractivity contribution in [1.29, 1.82) is 0 Å². The van der Waals surface area contributed by atoms with Crippen LogP contribution in [-0.4, -0.2) is 24.9 Å². The lowest BCUT2D eigenvalue weighted by Gasteiger charge is -2.12. The van der Waals surface area contributed by atoms with Crippen LogP contribution in [0.3, 0.4) is 0 Å². The number of hydrazine groups is 1. The molecule has 0 fully saturated rings. The summed E-state index contributed by atoms with van der Waals surface area (Å²) in [7, 11) is 3.34. The second kappa shape index (κ2) is 5.46. The molecule has 0 saturated carbocycles. The summed E-state index contributed by atoms with van der Waals surface area (Å²) in [5, 5.41) is 0. The van der Waals surface area contributed by atoms with Gasteiger partial charge in [0.15, 0.2) is 0 Å². The number of hydrogen-bond acceptors (Lipinski definition) is 3. The van der Waals surface area contributed by atoms with Gasteiger partial charge in [-0.25, -0.2) is 4.39 Å². The third-order valence-electron chi connectivity index (χ3n) is 2.36. The van der Waals surface area contributed by atoms with Crippen molar-refractivity contribution in [2.24, 2.45) is 5.84 Å². The normalized spacial score (nSPS) is 10.0. The SMILES string of the molecule is CN(C)C(=O)CCc1c(F)cccc1NN. The molecule has 0 aromatic heterocycles. The first kappa shape index (κ1) is 12.4. The molecule has 0 atom stereocenters. The number of anilines is 1. The van der Waals surface area contributed by atoms with Crippen LogP contribution in [0.2, 0.25) is 0 Å². The maximum atomic E-state index is 13.5. The fourth-order valence-corrected chi connectivity index (χ4v) is 1.40. The van der Waals surface area contributed by atoms with Crippen LogP contribution in [-0.2, 0) is 11.2 Å². The number of nitrogens with two attached hydrogens (primary N) is 1. The molecule has 1 aromatic rings. The zero-order valence-electron chi connectivity index (χ0n) is 9.46. The zero-order valence-corrected chi connectivity index (χ0v) is 9.46. The Morgan fingerprint density at radius 2 is 2.19 bits per heavy atom. The van der Waals surface area contributed by atoms with Crippen LogP contribution in [0, 0.1) is 5.82 Å². The maximum Gasteiger partial charge on any atom is 0.222 e. The van der Waals surface area contributed by atoms with Crippen molar-refractivity contribution < 1.29 is 9.18 Å². The number of carbonyl (C=O) groups excluding carboxylic acids is 1. The summed E-state index contributed by atoms with van der Waals surface area (Å²) >= 11 is 0. The number of hydrogen-bond donors (Lipinski definition) is 2. The van der Waals surface area contributed by atoms with E-state index in [1.807, 2.05) is 0 Å². The summed E-state index contributed by atoms with van der Waals surface area (Å²) < 4.78 is 13.5. The fraction of sp³-hybridized carbons (Fsp3) is 0.364. The summed E-state index contributed by atoms with van der Waals surface area (Å²) in [4.78, 5) is 12.9. The van der Waals surface area contributed by atoms with E-state index in [1.54, 1.807) is 26.2 Å². The number of nitrogen functional groups attached to an aromatic ring is 1. The number of nitrogens with one attached hydrogen (secondary N) is 1. The maximum absolute atomic E-state index is 13.5. The Kier molecular flexibility index (Phi) is 4.25. The van der Waals surface area contributed by atoms with Crippen molar-refractivity contribution in [2.75, 3.05) is 19.5 Å². The molecule has 5 heteroatoms. The van der Waals surface area contributed by atoms with Gasteiger partial charge in [-0.15, -0.1) is 0 Å². The first-order chi connectivity index (χ1) is 7.56. The van der Waals surface area contributed by atoms with Gasteiger partial charge < -0.3 is 10.3 Å². The molecule has 0 spiro atoms. The molecule has 0 aliphatic carbocycles. The van der Waals surface area contributed by atoms with E-state index in [1.165, 1.54) is 11.0 Å². The number of rotatable bonds is 4. The Balaban J connectivity index is 2.76. The number of carbonyl (C=O) groups is 1. The Morgan fingerprint density at radius 1 is 1.50 bits per heavy atom. The summed E-state index contributed by atoms with van der Waals surface area (Å²) in [5.41, 5.74) is 3.39. The molecule has 1 aromatic carbocycles. The van der Waals surface area contributed by atoms with E-state index in [0.717, 1.165) is 0 Å². The molecular weight excluding hydrogens is 209 g/mol. The van der Waals surface area contributed by atoms with Crippen molar-refractivity contribution in [3.8, 4) is 0 Å². The van der Waals surface area contributed by atoms with Crippen LogP contribution in [0.1, 0.15) is 12.0 Å². The third-order valence-corrected chi connectivity index (χ3v) is 2.36. The molecule has 16 heavy (non-hydrogen) atoms. The van der Waals surface area contributed by atoms with E-state index in [2.05, 4.69) is 5.43 Å². The van der Waals surface area contributed by atoms with Gasteiger partial charge in [0.2, 0.25) is 5.91 Å². The number of nitrogens with zero attached hydrogens (tertiary/aromatic N) is 1. The average molecular weight is 225 g/mol. The molecule has 0 aliphatic rings. The first-order valence-corrected chi connectivity index (χ1v) is 5.00. The highest BCUT2D eigenvalue weighted by atomic mass is 19.1. The summed E-state index contributed by atoms with van der Waals surface area (Å²) in [6.45, 7) is 0. The highest BCUT2D eigenvalue weighted by Crippen LogP contribution is 2.19. The predicted octanol–water partition coefficient (Wildman–Crippen LogP) is 1.13. The smallest absolute Gasteiger partial charge is 0.222 e. The standard InChI is InChI=1S/C11H16FN3O/c1-15(2)11(16)7-6-8-9(12)4-3-5-10(8)14-13/h3-5,14H,6-7,13H2,1-2H3. The Morgan fingerprint density at radius 3 is 2.75 bits per heavy atom. The van der Waals surface area contributed by atoms with E-state index in [0.29, 0.717) is 17.7 Å². The highest BCUT2D eigenvalue weighted by molar-refractivity contribution is 5.76. The van der Waals surface area contributed by atoms with Crippen molar-refractivity contribution in [2.45, 2.75) is 12.8 Å².